The minimum Gasteiger partial charge on any atom is -0.382 e. The van der Waals surface area contributed by atoms with Crippen LogP contribution in [0.4, 0.5) is 11.6 Å². The zero-order valence-corrected chi connectivity index (χ0v) is 21.5. The zero-order chi connectivity index (χ0) is 25.1. The number of aryl methyl sites for hydroxylation is 1. The number of likely N-dealkylation sites (tertiary alicyclic amines) is 1. The summed E-state index contributed by atoms with van der Waals surface area (Å²) < 4.78 is 0. The molecule has 0 aliphatic carbocycles. The number of nitrogens with zero attached hydrogens (tertiary/aromatic N) is 5. The molecule has 2 aliphatic heterocycles. The molecule has 1 atom stereocenters. The largest absolute Gasteiger partial charge is 0.382 e. The number of carbonyl (C=O) groups excluding carboxylic acids is 1. The summed E-state index contributed by atoms with van der Waals surface area (Å²) in [6, 6.07) is 9.06. The third kappa shape index (κ3) is 5.36. The Kier molecular flexibility index (Phi) is 7.76. The molecule has 1 aromatic carbocycles. The van der Waals surface area contributed by atoms with E-state index in [1.807, 2.05) is 12.1 Å². The van der Waals surface area contributed by atoms with Crippen LogP contribution >= 0.6 is 11.6 Å². The van der Waals surface area contributed by atoms with Gasteiger partial charge < -0.3 is 20.9 Å². The lowest BCUT2D eigenvalue weighted by molar-refractivity contribution is 0.0784. The lowest BCUT2D eigenvalue weighted by Gasteiger charge is -2.48. The van der Waals surface area contributed by atoms with Crippen molar-refractivity contribution < 1.29 is 4.79 Å². The number of halogens is 1. The minimum atomic E-state index is -0.401. The predicted octanol–water partition coefficient (Wildman–Crippen LogP) is 2.77. The highest BCUT2D eigenvalue weighted by Gasteiger charge is 2.35. The Balaban J connectivity index is 1.39. The number of nitrogens with one attached hydrogen (secondary N) is 2. The number of piperidine rings is 1. The normalized spacial score (nSPS) is 19.6. The number of nitrogens with two attached hydrogens (primary N) is 1. The van der Waals surface area contributed by atoms with E-state index in [1.54, 1.807) is 0 Å². The van der Waals surface area contributed by atoms with E-state index in [1.165, 1.54) is 12.6 Å². The van der Waals surface area contributed by atoms with E-state index in [0.717, 1.165) is 57.5 Å². The van der Waals surface area contributed by atoms with Crippen molar-refractivity contribution >= 4 is 35.0 Å². The van der Waals surface area contributed by atoms with Crippen molar-refractivity contribution in [3.63, 3.8) is 0 Å². The number of carbonyl (C=O) groups is 1. The predicted molar refractivity (Wildman–Crippen MR) is 140 cm³/mol. The second-order valence-corrected chi connectivity index (χ2v) is 9.69. The summed E-state index contributed by atoms with van der Waals surface area (Å²) in [4.78, 5) is 27.6. The molecule has 2 fully saturated rings. The van der Waals surface area contributed by atoms with Gasteiger partial charge in [0, 0.05) is 57.4 Å². The third-order valence-corrected chi connectivity index (χ3v) is 7.43. The average molecular weight is 499 g/mol. The van der Waals surface area contributed by atoms with Gasteiger partial charge >= 0.3 is 0 Å². The number of aromatic nitrogens is 2. The molecule has 35 heavy (non-hydrogen) atoms. The SMILES string of the molecule is CC[C@H]1CN(c2nc(N)c(C(=O)NC)nc2Cl)CCN1C1CCN(C(=N)c2ccc(C)cc2)CC1. The van der Waals surface area contributed by atoms with Gasteiger partial charge in [-0.1, -0.05) is 48.4 Å². The first-order valence-corrected chi connectivity index (χ1v) is 12.7. The number of piperazine rings is 1. The highest BCUT2D eigenvalue weighted by atomic mass is 35.5. The highest BCUT2D eigenvalue weighted by Crippen LogP contribution is 2.30. The first-order valence-electron chi connectivity index (χ1n) is 12.3. The number of rotatable bonds is 5. The van der Waals surface area contributed by atoms with E-state index < -0.39 is 5.91 Å². The molecule has 2 saturated heterocycles. The average Bonchev–Trinajstić information content (AvgIpc) is 2.89. The summed E-state index contributed by atoms with van der Waals surface area (Å²) in [6.45, 7) is 8.50. The van der Waals surface area contributed by atoms with E-state index in [9.17, 15) is 4.79 Å². The van der Waals surface area contributed by atoms with Gasteiger partial charge in [0.15, 0.2) is 22.5 Å². The maximum Gasteiger partial charge on any atom is 0.273 e. The molecular weight excluding hydrogens is 464 g/mol. The number of amides is 1. The van der Waals surface area contributed by atoms with Crippen LogP contribution in [-0.2, 0) is 0 Å². The molecule has 0 bridgehead atoms. The first kappa shape index (κ1) is 25.2. The summed E-state index contributed by atoms with van der Waals surface area (Å²) in [5.74, 6) is 0.840. The Labute approximate surface area is 212 Å². The molecule has 3 heterocycles. The van der Waals surface area contributed by atoms with Gasteiger partial charge in [0.25, 0.3) is 5.91 Å². The van der Waals surface area contributed by atoms with Crippen LogP contribution in [0.2, 0.25) is 5.15 Å². The van der Waals surface area contributed by atoms with Gasteiger partial charge in [0.2, 0.25) is 0 Å². The maximum absolute atomic E-state index is 12.0. The van der Waals surface area contributed by atoms with E-state index in [0.29, 0.717) is 23.7 Å². The van der Waals surface area contributed by atoms with Crippen LogP contribution in [-0.4, -0.2) is 83.4 Å². The van der Waals surface area contributed by atoms with Crippen LogP contribution in [0, 0.1) is 12.3 Å². The van der Waals surface area contributed by atoms with Crippen molar-refractivity contribution in [1.29, 1.82) is 5.41 Å². The fourth-order valence-corrected chi connectivity index (χ4v) is 5.37. The molecule has 1 amide bonds. The summed E-state index contributed by atoms with van der Waals surface area (Å²) in [5, 5.41) is 11.3. The molecule has 0 spiro atoms. The smallest absolute Gasteiger partial charge is 0.273 e. The van der Waals surface area contributed by atoms with Crippen LogP contribution in [0.1, 0.15) is 47.8 Å². The van der Waals surface area contributed by atoms with Crippen molar-refractivity contribution in [2.45, 2.75) is 45.2 Å². The second-order valence-electron chi connectivity index (χ2n) is 9.33. The van der Waals surface area contributed by atoms with Gasteiger partial charge in [-0.05, 0) is 26.2 Å². The van der Waals surface area contributed by atoms with Crippen LogP contribution < -0.4 is 16.0 Å². The van der Waals surface area contributed by atoms with Crippen molar-refractivity contribution in [3.8, 4) is 0 Å². The molecule has 0 radical (unpaired) electrons. The molecule has 2 aromatic rings. The number of anilines is 2. The Hall–Kier alpha value is -2.91. The maximum atomic E-state index is 12.0. The second kappa shape index (κ2) is 10.8. The van der Waals surface area contributed by atoms with Crippen LogP contribution in [0.25, 0.3) is 0 Å². The van der Waals surface area contributed by atoms with E-state index >= 15 is 0 Å². The molecule has 188 valence electrons. The quantitative estimate of drug-likeness (QED) is 0.429. The Morgan fingerprint density at radius 1 is 1.17 bits per heavy atom. The first-order chi connectivity index (χ1) is 16.8. The number of benzene rings is 1. The number of nitrogen functional groups attached to an aromatic ring is 1. The van der Waals surface area contributed by atoms with Gasteiger partial charge in [-0.25, -0.2) is 9.97 Å². The number of hydrogen-bond acceptors (Lipinski definition) is 7. The molecule has 0 saturated carbocycles. The van der Waals surface area contributed by atoms with Crippen LogP contribution in [0.3, 0.4) is 0 Å². The van der Waals surface area contributed by atoms with Crippen molar-refractivity contribution in [3.05, 3.63) is 46.2 Å². The Morgan fingerprint density at radius 3 is 2.49 bits per heavy atom. The van der Waals surface area contributed by atoms with Gasteiger partial charge in [-0.15, -0.1) is 0 Å². The molecule has 4 rings (SSSR count). The van der Waals surface area contributed by atoms with Crippen molar-refractivity contribution in [2.24, 2.45) is 0 Å². The fraction of sp³-hybridized carbons (Fsp3) is 0.520. The molecular formula is C25H35ClN8O. The van der Waals surface area contributed by atoms with Crippen molar-refractivity contribution in [1.82, 2.24) is 25.1 Å². The van der Waals surface area contributed by atoms with Gasteiger partial charge in [0.05, 0.1) is 0 Å². The lowest BCUT2D eigenvalue weighted by atomic mass is 9.97. The molecule has 0 unspecified atom stereocenters. The molecule has 4 N–H and O–H groups in total. The van der Waals surface area contributed by atoms with Gasteiger partial charge in [0.1, 0.15) is 5.84 Å². The Bertz CT molecular complexity index is 1070. The number of hydrogen-bond donors (Lipinski definition) is 3. The topological polar surface area (TPSA) is 114 Å². The van der Waals surface area contributed by atoms with Gasteiger partial charge in [-0.3, -0.25) is 15.1 Å². The van der Waals surface area contributed by atoms with Crippen LogP contribution in [0.15, 0.2) is 24.3 Å². The zero-order valence-electron chi connectivity index (χ0n) is 20.7. The van der Waals surface area contributed by atoms with E-state index in [-0.39, 0.29) is 16.7 Å². The van der Waals surface area contributed by atoms with Gasteiger partial charge in [-0.2, -0.15) is 0 Å². The summed E-state index contributed by atoms with van der Waals surface area (Å²) >= 11 is 6.43. The molecule has 10 heteroatoms. The standard InChI is InChI=1S/C25H35ClN8O/c1-4-18-15-33(24-21(26)30-20(22(27)31-24)25(35)29-3)13-14-34(18)19-9-11-32(12-10-19)23(28)17-7-5-16(2)6-8-17/h5-8,18-19,28H,4,9-15H2,1-3H3,(H2,27,31)(H,29,35)/t18-/m0/s1. The van der Waals surface area contributed by atoms with E-state index in [4.69, 9.17) is 22.7 Å². The lowest BCUT2D eigenvalue weighted by Crippen LogP contribution is -2.58. The van der Waals surface area contributed by atoms with Crippen molar-refractivity contribution in [2.75, 3.05) is 50.4 Å². The summed E-state index contributed by atoms with van der Waals surface area (Å²) in [5.41, 5.74) is 8.26. The monoisotopic (exact) mass is 498 g/mol. The third-order valence-electron chi connectivity index (χ3n) is 7.18. The molecule has 9 nitrogen and oxygen atoms in total. The summed E-state index contributed by atoms with van der Waals surface area (Å²) in [6.07, 6.45) is 3.09. The fourth-order valence-electron chi connectivity index (χ4n) is 5.13. The molecule has 2 aliphatic rings. The Morgan fingerprint density at radius 2 is 1.86 bits per heavy atom. The van der Waals surface area contributed by atoms with Crippen LogP contribution in [0.5, 0.6) is 0 Å². The number of amidine groups is 1. The summed E-state index contributed by atoms with van der Waals surface area (Å²) in [7, 11) is 1.52. The minimum absolute atomic E-state index is 0.0508. The highest BCUT2D eigenvalue weighted by molar-refractivity contribution is 6.32. The van der Waals surface area contributed by atoms with E-state index in [2.05, 4.69) is 56.0 Å². The molecule has 1 aromatic heterocycles.